The molecule has 0 bridgehead atoms. The fourth-order valence-electron chi connectivity index (χ4n) is 5.14. The van der Waals surface area contributed by atoms with Gasteiger partial charge in [0.15, 0.2) is 5.78 Å². The smallest absolute Gasteiger partial charge is 0.225 e. The lowest BCUT2D eigenvalue weighted by atomic mass is 9.81. The number of Topliss-reactive ketones (excluding diaryl/α,β-unsaturated/α-hetero) is 1. The van der Waals surface area contributed by atoms with Crippen LogP contribution in [0.5, 0.6) is 0 Å². The monoisotopic (exact) mass is 401 g/mol. The van der Waals surface area contributed by atoms with Crippen LogP contribution in [-0.4, -0.2) is 54.0 Å². The molecule has 6 nitrogen and oxygen atoms in total. The molecule has 1 spiro atoms. The number of epoxide rings is 2. The van der Waals surface area contributed by atoms with Gasteiger partial charge in [0.1, 0.15) is 36.1 Å². The topological polar surface area (TPSA) is 73.0 Å². The van der Waals surface area contributed by atoms with E-state index in [0.29, 0.717) is 18.2 Å². The molecule has 3 saturated heterocycles. The Morgan fingerprint density at radius 3 is 2.69 bits per heavy atom. The summed E-state index contributed by atoms with van der Waals surface area (Å²) in [5, 5.41) is 0. The van der Waals surface area contributed by atoms with Gasteiger partial charge >= 0.3 is 0 Å². The molecule has 7 atom stereocenters. The first kappa shape index (κ1) is 19.5. The van der Waals surface area contributed by atoms with Crippen LogP contribution in [-0.2, 0) is 23.7 Å². The van der Waals surface area contributed by atoms with Crippen molar-refractivity contribution >= 4 is 11.7 Å². The van der Waals surface area contributed by atoms with Crippen molar-refractivity contribution in [2.75, 3.05) is 0 Å². The second-order valence-electron chi connectivity index (χ2n) is 9.23. The molecule has 1 aliphatic carbocycles. The Hall–Kier alpha value is -1.50. The molecule has 4 aliphatic heterocycles. The van der Waals surface area contributed by atoms with Crippen molar-refractivity contribution in [3.05, 3.63) is 23.8 Å². The van der Waals surface area contributed by atoms with E-state index in [-0.39, 0.29) is 36.2 Å². The van der Waals surface area contributed by atoms with Crippen LogP contribution in [0.2, 0.25) is 0 Å². The van der Waals surface area contributed by atoms with Gasteiger partial charge in [0.2, 0.25) is 12.2 Å². The highest BCUT2D eigenvalue weighted by Gasteiger charge is 2.79. The van der Waals surface area contributed by atoms with E-state index in [1.807, 2.05) is 6.08 Å². The summed E-state index contributed by atoms with van der Waals surface area (Å²) < 4.78 is 23.4. The van der Waals surface area contributed by atoms with E-state index in [0.717, 1.165) is 0 Å². The predicted molar refractivity (Wildman–Crippen MR) is 108 cm³/mol. The molecule has 0 aromatic heterocycles. The number of unbranched alkanes of at least 4 members (excludes halogenated alkanes) is 3. The summed E-state index contributed by atoms with van der Waals surface area (Å²) >= 11 is 0. The third-order valence-electron chi connectivity index (χ3n) is 6.76. The number of aliphatic imine (C=N–C) groups is 1. The van der Waals surface area contributed by atoms with Gasteiger partial charge in [-0.2, -0.15) is 0 Å². The first-order valence-electron chi connectivity index (χ1n) is 11.2. The van der Waals surface area contributed by atoms with Crippen LogP contribution in [0.3, 0.4) is 0 Å². The molecule has 6 heteroatoms. The van der Waals surface area contributed by atoms with Gasteiger partial charge < -0.3 is 18.9 Å². The van der Waals surface area contributed by atoms with Crippen LogP contribution in [0.15, 0.2) is 28.8 Å². The number of ether oxygens (including phenoxy) is 4. The Kier molecular flexibility index (Phi) is 4.92. The fourth-order valence-corrected chi connectivity index (χ4v) is 5.14. The molecule has 4 fully saturated rings. The maximum Gasteiger partial charge on any atom is 0.225 e. The standard InChI is InChI=1S/C23H31NO5/c1-4-5-6-7-8-13(2)11-14(3)9-10-16-24-15-12-23(29-22(15)26-16)20-18(27-20)17(25)19-21(23)28-19/h9-11,13,15,18-22H,4-8,12H2,1-3H3/b10-9+,14-11+. The van der Waals surface area contributed by atoms with Crippen LogP contribution in [0, 0.1) is 5.92 Å². The third kappa shape index (κ3) is 3.49. The molecule has 0 amide bonds. The normalized spacial score (nSPS) is 43.1. The Labute approximate surface area is 172 Å². The molecule has 0 aromatic carbocycles. The Morgan fingerprint density at radius 2 is 2.00 bits per heavy atom. The van der Waals surface area contributed by atoms with E-state index in [2.05, 4.69) is 32.9 Å². The van der Waals surface area contributed by atoms with Crippen LogP contribution in [0.4, 0.5) is 0 Å². The molecule has 4 heterocycles. The summed E-state index contributed by atoms with van der Waals surface area (Å²) in [6.45, 7) is 6.64. The van der Waals surface area contributed by atoms with Crippen LogP contribution in [0.25, 0.3) is 0 Å². The quantitative estimate of drug-likeness (QED) is 0.354. The lowest BCUT2D eigenvalue weighted by molar-refractivity contribution is -0.145. The fraction of sp³-hybridized carbons (Fsp3) is 0.739. The highest BCUT2D eigenvalue weighted by atomic mass is 16.7. The zero-order chi connectivity index (χ0) is 20.2. The van der Waals surface area contributed by atoms with Gasteiger partial charge in [-0.15, -0.1) is 0 Å². The number of nitrogens with zero attached hydrogens (tertiary/aromatic N) is 1. The SMILES string of the molecule is CCCCCCC(C)/C=C(C)/C=C/C1=NC2CC3(OC2O1)C1OC1C(=O)C1OC13. The van der Waals surface area contributed by atoms with Crippen molar-refractivity contribution < 1.29 is 23.7 Å². The summed E-state index contributed by atoms with van der Waals surface area (Å²) in [6.07, 6.45) is 12.0. The van der Waals surface area contributed by atoms with Gasteiger partial charge in [0.05, 0.1) is 0 Å². The van der Waals surface area contributed by atoms with E-state index in [1.54, 1.807) is 0 Å². The maximum atomic E-state index is 12.0. The highest BCUT2D eigenvalue weighted by molar-refractivity contribution is 5.95. The number of carbonyl (C=O) groups excluding carboxylic acids is 1. The van der Waals surface area contributed by atoms with Crippen molar-refractivity contribution in [3.63, 3.8) is 0 Å². The van der Waals surface area contributed by atoms with Crippen molar-refractivity contribution in [3.8, 4) is 0 Å². The van der Waals surface area contributed by atoms with Gasteiger partial charge in [0.25, 0.3) is 0 Å². The van der Waals surface area contributed by atoms with Gasteiger partial charge in [-0.25, -0.2) is 4.99 Å². The summed E-state index contributed by atoms with van der Waals surface area (Å²) in [5.41, 5.74) is 0.670. The molecule has 29 heavy (non-hydrogen) atoms. The Bertz CT molecular complexity index is 751. The Morgan fingerprint density at radius 1 is 1.24 bits per heavy atom. The van der Waals surface area contributed by atoms with Gasteiger partial charge in [-0.1, -0.05) is 57.3 Å². The summed E-state index contributed by atoms with van der Waals surface area (Å²) in [5.74, 6) is 1.27. The lowest BCUT2D eigenvalue weighted by Crippen LogP contribution is -2.49. The van der Waals surface area contributed by atoms with Crippen LogP contribution in [0.1, 0.15) is 59.3 Å². The van der Waals surface area contributed by atoms with Crippen molar-refractivity contribution in [2.24, 2.45) is 10.9 Å². The third-order valence-corrected chi connectivity index (χ3v) is 6.76. The molecule has 0 aromatic rings. The molecule has 158 valence electrons. The zero-order valence-corrected chi connectivity index (χ0v) is 17.5. The summed E-state index contributed by atoms with van der Waals surface area (Å²) in [4.78, 5) is 16.7. The summed E-state index contributed by atoms with van der Waals surface area (Å²) in [6, 6.07) is -0.0562. The first-order valence-corrected chi connectivity index (χ1v) is 11.2. The number of ketones is 1. The minimum atomic E-state index is -0.555. The average molecular weight is 402 g/mol. The molecule has 0 N–H and O–H groups in total. The maximum absolute atomic E-state index is 12.0. The van der Waals surface area contributed by atoms with Gasteiger partial charge in [-0.05, 0) is 19.3 Å². The molecule has 5 aliphatic rings. The second kappa shape index (κ2) is 7.33. The van der Waals surface area contributed by atoms with Crippen LogP contribution < -0.4 is 0 Å². The van der Waals surface area contributed by atoms with Gasteiger partial charge in [-0.3, -0.25) is 4.79 Å². The van der Waals surface area contributed by atoms with E-state index in [4.69, 9.17) is 23.9 Å². The van der Waals surface area contributed by atoms with E-state index in [1.165, 1.54) is 37.7 Å². The van der Waals surface area contributed by atoms with E-state index < -0.39 is 11.9 Å². The minimum Gasteiger partial charge on any atom is -0.446 e. The second-order valence-corrected chi connectivity index (χ2v) is 9.23. The predicted octanol–water partition coefficient (Wildman–Crippen LogP) is 3.50. The number of rotatable bonds is 8. The van der Waals surface area contributed by atoms with E-state index >= 15 is 0 Å². The molecular formula is C23H31NO5. The largest absolute Gasteiger partial charge is 0.446 e. The number of allylic oxidation sites excluding steroid dienone is 3. The zero-order valence-electron chi connectivity index (χ0n) is 17.5. The van der Waals surface area contributed by atoms with Crippen molar-refractivity contribution in [1.82, 2.24) is 0 Å². The molecule has 7 unspecified atom stereocenters. The lowest BCUT2D eigenvalue weighted by Gasteiger charge is -2.27. The summed E-state index contributed by atoms with van der Waals surface area (Å²) in [7, 11) is 0. The average Bonchev–Trinajstić information content (AvgIpc) is 3.58. The van der Waals surface area contributed by atoms with Crippen molar-refractivity contribution in [2.45, 2.75) is 102 Å². The van der Waals surface area contributed by atoms with Crippen molar-refractivity contribution in [1.29, 1.82) is 0 Å². The highest BCUT2D eigenvalue weighted by Crippen LogP contribution is 2.58. The number of hydrogen-bond donors (Lipinski definition) is 0. The van der Waals surface area contributed by atoms with Crippen LogP contribution >= 0.6 is 0 Å². The van der Waals surface area contributed by atoms with E-state index in [9.17, 15) is 4.79 Å². The van der Waals surface area contributed by atoms with Gasteiger partial charge in [0, 0.05) is 12.5 Å². The number of fused-ring (bicyclic) bond motifs is 5. The first-order chi connectivity index (χ1) is 14.0. The molecular weight excluding hydrogens is 370 g/mol. The molecule has 5 rings (SSSR count). The molecule has 1 saturated carbocycles. The molecule has 0 radical (unpaired) electrons. The number of hydrogen-bond acceptors (Lipinski definition) is 6. The number of carbonyl (C=O) groups is 1. The minimum absolute atomic E-state index is 0.0562. The Balaban J connectivity index is 1.15.